The van der Waals surface area contributed by atoms with Gasteiger partial charge in [0.25, 0.3) is 0 Å². The Bertz CT molecular complexity index is 1850. The number of hydrogen-bond acceptors (Lipinski definition) is 8. The predicted octanol–water partition coefficient (Wildman–Crippen LogP) is 5.45. The number of aliphatic hydroxyl groups excluding tert-OH is 1. The van der Waals surface area contributed by atoms with Gasteiger partial charge in [-0.05, 0) is 35.4 Å². The van der Waals surface area contributed by atoms with Crippen LogP contribution >= 0.6 is 0 Å². The number of aromatic nitrogens is 4. The van der Waals surface area contributed by atoms with Crippen LogP contribution in [-0.4, -0.2) is 66.2 Å². The van der Waals surface area contributed by atoms with Gasteiger partial charge in [0.05, 0.1) is 31.6 Å². The molecule has 55 heavy (non-hydrogen) atoms. The number of nitrogens with one attached hydrogen (secondary N) is 2. The van der Waals surface area contributed by atoms with Crippen molar-refractivity contribution in [2.75, 3.05) is 6.73 Å². The fourth-order valence-corrected chi connectivity index (χ4v) is 7.31. The van der Waals surface area contributed by atoms with Crippen LogP contribution in [0.2, 0.25) is 0 Å². The van der Waals surface area contributed by atoms with Crippen molar-refractivity contribution in [2.24, 2.45) is 11.7 Å². The number of carbonyl (C=O) groups is 2. The molecule has 1 aliphatic carbocycles. The molecule has 5 aromatic rings. The number of nitrogens with two attached hydrogens (primary N) is 1. The average Bonchev–Trinajstić information content (AvgIpc) is 3.92. The van der Waals surface area contributed by atoms with E-state index in [1.807, 2.05) is 91.0 Å². The molecule has 6 rings (SSSR count). The summed E-state index contributed by atoms with van der Waals surface area (Å²) < 4.78 is 14.1. The van der Waals surface area contributed by atoms with Gasteiger partial charge in [0, 0.05) is 30.7 Å². The molecule has 1 aliphatic rings. The molecular formula is C43H53N7O5. The Labute approximate surface area is 323 Å². The largest absolute Gasteiger partial charge is 0.383 e. The van der Waals surface area contributed by atoms with Crippen molar-refractivity contribution in [1.29, 1.82) is 0 Å². The first-order chi connectivity index (χ1) is 26.9. The maximum atomic E-state index is 15.1. The molecule has 12 heteroatoms. The molecule has 12 nitrogen and oxygen atoms in total. The molecule has 3 aromatic carbocycles. The quantitative estimate of drug-likeness (QED) is 0.0765. The Morgan fingerprint density at radius 1 is 0.891 bits per heavy atom. The number of rotatable bonds is 20. The Morgan fingerprint density at radius 2 is 1.53 bits per heavy atom. The summed E-state index contributed by atoms with van der Waals surface area (Å²) in [6.07, 6.45) is 11.7. The lowest BCUT2D eigenvalue weighted by Crippen LogP contribution is -2.57. The van der Waals surface area contributed by atoms with E-state index in [-0.39, 0.29) is 32.4 Å². The van der Waals surface area contributed by atoms with Crippen LogP contribution in [0.25, 0.3) is 0 Å². The monoisotopic (exact) mass is 747 g/mol. The Kier molecular flexibility index (Phi) is 14.8. The van der Waals surface area contributed by atoms with Crippen molar-refractivity contribution in [3.63, 3.8) is 0 Å². The second kappa shape index (κ2) is 20.5. The highest BCUT2D eigenvalue weighted by atomic mass is 16.5. The van der Waals surface area contributed by atoms with Crippen molar-refractivity contribution in [1.82, 2.24) is 29.7 Å². The minimum atomic E-state index is -1.19. The summed E-state index contributed by atoms with van der Waals surface area (Å²) in [6.45, 7) is 0.671. The van der Waals surface area contributed by atoms with Gasteiger partial charge in [0.1, 0.15) is 31.4 Å². The number of benzene rings is 3. The van der Waals surface area contributed by atoms with Crippen molar-refractivity contribution < 1.29 is 24.2 Å². The molecule has 4 atom stereocenters. The molecule has 2 amide bonds. The number of hydrogen-bond donors (Lipinski definition) is 4. The first-order valence-electron chi connectivity index (χ1n) is 19.2. The second-order valence-electron chi connectivity index (χ2n) is 14.4. The number of H-pyrrole nitrogens is 1. The van der Waals surface area contributed by atoms with Gasteiger partial charge in [0.2, 0.25) is 11.8 Å². The van der Waals surface area contributed by atoms with Gasteiger partial charge in [-0.25, -0.2) is 9.97 Å². The van der Waals surface area contributed by atoms with Gasteiger partial charge in [-0.1, -0.05) is 123 Å². The van der Waals surface area contributed by atoms with Crippen molar-refractivity contribution in [3.05, 3.63) is 144 Å². The zero-order valence-corrected chi connectivity index (χ0v) is 31.3. The molecule has 2 aromatic heterocycles. The fourth-order valence-electron chi connectivity index (χ4n) is 7.31. The number of aliphatic hydroxyl groups is 1. The number of carbonyl (C=O) groups excluding carboxylic acids is 2. The van der Waals surface area contributed by atoms with Gasteiger partial charge in [-0.15, -0.1) is 0 Å². The molecular weight excluding hydrogens is 695 g/mol. The summed E-state index contributed by atoms with van der Waals surface area (Å²) in [6, 6.07) is 26.5. The molecule has 2 heterocycles. The maximum Gasteiger partial charge on any atom is 0.247 e. The summed E-state index contributed by atoms with van der Waals surface area (Å²) in [5, 5.41) is 15.4. The van der Waals surface area contributed by atoms with Gasteiger partial charge < -0.3 is 40.1 Å². The summed E-state index contributed by atoms with van der Waals surface area (Å²) in [5.74, 6) is -0.201. The standard InChI is InChI=1S/C43H53N7O5/c44-37(23-32-13-5-1-6-14-32)42(52)48-38(25-36-26-45-29-47-36)43(53)50(31-55-28-35-19-11-4-12-20-35)39(24-33-15-7-2-8-16-33)40(51)41-46-21-22-49(41)30-54-27-34-17-9-3-10-18-34/h1,3-6,9-14,17-22,26,29,33,37-40,51H,2,7-8,15-16,23-25,27-28,30-31,44H2,(H,45,47)(H,48,52)/t37-,38-,39-,40?/m0/s1. The molecule has 0 radical (unpaired) electrons. The third kappa shape index (κ3) is 11.7. The Morgan fingerprint density at radius 3 is 2.16 bits per heavy atom. The van der Waals surface area contributed by atoms with E-state index < -0.39 is 36.0 Å². The van der Waals surface area contributed by atoms with E-state index in [1.54, 1.807) is 28.1 Å². The minimum absolute atomic E-state index is 0.126. The molecule has 1 saturated carbocycles. The van der Waals surface area contributed by atoms with E-state index in [9.17, 15) is 9.90 Å². The van der Waals surface area contributed by atoms with E-state index in [1.165, 1.54) is 6.33 Å². The van der Waals surface area contributed by atoms with Gasteiger partial charge in [-0.2, -0.15) is 0 Å². The van der Waals surface area contributed by atoms with E-state index in [4.69, 9.17) is 15.2 Å². The Hall–Kier alpha value is -5.14. The number of amides is 2. The van der Waals surface area contributed by atoms with Gasteiger partial charge in [-0.3, -0.25) is 9.59 Å². The first kappa shape index (κ1) is 39.6. The molecule has 0 aliphatic heterocycles. The summed E-state index contributed by atoms with van der Waals surface area (Å²) in [5.41, 5.74) is 9.99. The highest BCUT2D eigenvalue weighted by Gasteiger charge is 2.39. The first-order valence-corrected chi connectivity index (χ1v) is 19.2. The van der Waals surface area contributed by atoms with Crippen LogP contribution in [-0.2, 0) is 51.8 Å². The van der Waals surface area contributed by atoms with Crippen LogP contribution in [0.3, 0.4) is 0 Å². The van der Waals surface area contributed by atoms with Crippen LogP contribution in [0.5, 0.6) is 0 Å². The normalized spacial score (nSPS) is 15.5. The van der Waals surface area contributed by atoms with E-state index in [0.717, 1.165) is 48.8 Å². The van der Waals surface area contributed by atoms with Crippen LogP contribution in [0.4, 0.5) is 0 Å². The third-order valence-corrected chi connectivity index (χ3v) is 10.3. The van der Waals surface area contributed by atoms with E-state index in [2.05, 4.69) is 20.3 Å². The van der Waals surface area contributed by atoms with Crippen LogP contribution in [0.1, 0.15) is 72.8 Å². The summed E-state index contributed by atoms with van der Waals surface area (Å²) >= 11 is 0. The number of nitrogens with zero attached hydrogens (tertiary/aromatic N) is 4. The van der Waals surface area contributed by atoms with E-state index in [0.29, 0.717) is 31.0 Å². The second-order valence-corrected chi connectivity index (χ2v) is 14.4. The van der Waals surface area contributed by atoms with Crippen LogP contribution < -0.4 is 11.1 Å². The average molecular weight is 748 g/mol. The topological polar surface area (TPSA) is 161 Å². The fraction of sp³-hybridized carbons (Fsp3) is 0.395. The van der Waals surface area contributed by atoms with Crippen LogP contribution in [0, 0.1) is 5.92 Å². The molecule has 5 N–H and O–H groups in total. The zero-order valence-electron chi connectivity index (χ0n) is 31.3. The smallest absolute Gasteiger partial charge is 0.247 e. The highest BCUT2D eigenvalue weighted by molar-refractivity contribution is 5.90. The van der Waals surface area contributed by atoms with E-state index >= 15 is 4.79 Å². The van der Waals surface area contributed by atoms with Crippen molar-refractivity contribution in [3.8, 4) is 0 Å². The summed E-state index contributed by atoms with van der Waals surface area (Å²) in [4.78, 5) is 42.2. The lowest BCUT2D eigenvalue weighted by atomic mass is 9.83. The zero-order chi connectivity index (χ0) is 38.2. The number of imidazole rings is 2. The predicted molar refractivity (Wildman–Crippen MR) is 209 cm³/mol. The summed E-state index contributed by atoms with van der Waals surface area (Å²) in [7, 11) is 0. The molecule has 0 spiro atoms. The molecule has 290 valence electrons. The maximum absolute atomic E-state index is 15.1. The molecule has 1 unspecified atom stereocenters. The number of aromatic amines is 1. The minimum Gasteiger partial charge on any atom is -0.383 e. The SMILES string of the molecule is N[C@@H](Cc1ccccc1)C(=O)N[C@@H](Cc1cnc[nH]1)C(=O)N(COCc1ccccc1)[C@@H](CC1CCCCC1)C(O)c1nccn1COCc1ccccc1. The lowest BCUT2D eigenvalue weighted by molar-refractivity contribution is -0.150. The van der Waals surface area contributed by atoms with Crippen molar-refractivity contribution >= 4 is 11.8 Å². The molecule has 0 bridgehead atoms. The van der Waals surface area contributed by atoms with Crippen molar-refractivity contribution in [2.45, 2.75) is 95.5 Å². The lowest BCUT2D eigenvalue weighted by Gasteiger charge is -2.39. The molecule has 0 saturated heterocycles. The number of ether oxygens (including phenoxy) is 2. The van der Waals surface area contributed by atoms with Crippen LogP contribution in [0.15, 0.2) is 116 Å². The van der Waals surface area contributed by atoms with Gasteiger partial charge >= 0.3 is 0 Å². The Balaban J connectivity index is 1.29. The highest BCUT2D eigenvalue weighted by Crippen LogP contribution is 2.34. The third-order valence-electron chi connectivity index (χ3n) is 10.3. The van der Waals surface area contributed by atoms with Gasteiger partial charge in [0.15, 0.2) is 0 Å². The molecule has 1 fully saturated rings.